The van der Waals surface area contributed by atoms with Crippen LogP contribution in [0.5, 0.6) is 0 Å². The quantitative estimate of drug-likeness (QED) is 0.730. The molecule has 1 aromatic heterocycles. The first-order valence-corrected chi connectivity index (χ1v) is 6.08. The lowest BCUT2D eigenvalue weighted by molar-refractivity contribution is 1.33. The van der Waals surface area contributed by atoms with Crippen molar-refractivity contribution in [3.63, 3.8) is 0 Å². The molecule has 0 radical (unpaired) electrons. The van der Waals surface area contributed by atoms with Gasteiger partial charge in [-0.2, -0.15) is 0 Å². The van der Waals surface area contributed by atoms with Gasteiger partial charge in [-0.1, -0.05) is 23.7 Å². The molecule has 0 amide bonds. The van der Waals surface area contributed by atoms with Crippen LogP contribution >= 0.6 is 11.6 Å². The molecule has 0 spiro atoms. The van der Waals surface area contributed by atoms with Crippen molar-refractivity contribution in [1.29, 1.82) is 0 Å². The van der Waals surface area contributed by atoms with Gasteiger partial charge in [0, 0.05) is 23.3 Å². The van der Waals surface area contributed by atoms with E-state index >= 15 is 0 Å². The molecule has 1 heterocycles. The Morgan fingerprint density at radius 2 is 2.00 bits per heavy atom. The van der Waals surface area contributed by atoms with Crippen LogP contribution in [0, 0.1) is 0 Å². The number of nitrogens with zero attached hydrogens (tertiary/aromatic N) is 1. The van der Waals surface area contributed by atoms with Crippen LogP contribution in [-0.2, 0) is 0 Å². The number of halogens is 1. The third-order valence-electron chi connectivity index (χ3n) is 2.90. The fraction of sp³-hybridized carbons (Fsp3) is 0.0714. The van der Waals surface area contributed by atoms with E-state index < -0.39 is 0 Å². The predicted molar refractivity (Wildman–Crippen MR) is 76.1 cm³/mol. The van der Waals surface area contributed by atoms with Crippen molar-refractivity contribution >= 4 is 28.3 Å². The number of fused-ring (bicyclic) bond motifs is 1. The molecule has 3 nitrogen and oxygen atoms in total. The van der Waals surface area contributed by atoms with E-state index in [1.165, 1.54) is 0 Å². The zero-order valence-corrected chi connectivity index (χ0v) is 10.6. The standard InChI is InChI=1S/C14H12ClN3/c1-16-11-7-6-9(15)8-10(11)14-17-12-4-2-3-5-13(12)18-14/h2-8,16H,1H3,(H,17,18). The summed E-state index contributed by atoms with van der Waals surface area (Å²) in [7, 11) is 1.88. The van der Waals surface area contributed by atoms with Crippen LogP contribution in [0.1, 0.15) is 0 Å². The van der Waals surface area contributed by atoms with Gasteiger partial charge in [-0.3, -0.25) is 0 Å². The first kappa shape index (κ1) is 11.1. The Kier molecular flexibility index (Phi) is 2.68. The van der Waals surface area contributed by atoms with Gasteiger partial charge in [0.05, 0.1) is 11.0 Å². The van der Waals surface area contributed by atoms with E-state index in [4.69, 9.17) is 11.6 Å². The Morgan fingerprint density at radius 1 is 1.17 bits per heavy atom. The molecule has 0 saturated carbocycles. The maximum atomic E-state index is 6.05. The van der Waals surface area contributed by atoms with Crippen molar-refractivity contribution in [2.75, 3.05) is 12.4 Å². The molecule has 3 aromatic rings. The third kappa shape index (κ3) is 1.83. The van der Waals surface area contributed by atoms with E-state index in [2.05, 4.69) is 15.3 Å². The van der Waals surface area contributed by atoms with E-state index in [1.54, 1.807) is 0 Å². The fourth-order valence-electron chi connectivity index (χ4n) is 2.01. The first-order chi connectivity index (χ1) is 8.78. The lowest BCUT2D eigenvalue weighted by Gasteiger charge is -2.06. The molecule has 4 heteroatoms. The average Bonchev–Trinajstić information content (AvgIpc) is 2.82. The van der Waals surface area contributed by atoms with E-state index in [0.717, 1.165) is 28.1 Å². The minimum atomic E-state index is 0.699. The number of para-hydroxylation sites is 2. The van der Waals surface area contributed by atoms with Gasteiger partial charge >= 0.3 is 0 Å². The smallest absolute Gasteiger partial charge is 0.140 e. The van der Waals surface area contributed by atoms with Crippen LogP contribution in [0.25, 0.3) is 22.4 Å². The molecule has 0 saturated heterocycles. The monoisotopic (exact) mass is 257 g/mol. The number of nitrogens with one attached hydrogen (secondary N) is 2. The van der Waals surface area contributed by atoms with Gasteiger partial charge in [-0.15, -0.1) is 0 Å². The number of imidazole rings is 1. The van der Waals surface area contributed by atoms with Gasteiger partial charge in [0.2, 0.25) is 0 Å². The van der Waals surface area contributed by atoms with E-state index in [9.17, 15) is 0 Å². The maximum absolute atomic E-state index is 6.05. The molecule has 0 aliphatic heterocycles. The summed E-state index contributed by atoms with van der Waals surface area (Å²) in [4.78, 5) is 7.88. The number of benzene rings is 2. The molecule has 90 valence electrons. The van der Waals surface area contributed by atoms with E-state index in [0.29, 0.717) is 5.02 Å². The lowest BCUT2D eigenvalue weighted by atomic mass is 10.1. The summed E-state index contributed by atoms with van der Waals surface area (Å²) in [5.74, 6) is 0.822. The molecule has 0 aliphatic rings. The number of H-pyrrole nitrogens is 1. The predicted octanol–water partition coefficient (Wildman–Crippen LogP) is 3.93. The summed E-state index contributed by atoms with van der Waals surface area (Å²) in [5.41, 5.74) is 3.95. The van der Waals surface area contributed by atoms with Crippen molar-refractivity contribution in [2.24, 2.45) is 0 Å². The molecular formula is C14H12ClN3. The zero-order valence-electron chi connectivity index (χ0n) is 9.87. The highest BCUT2D eigenvalue weighted by molar-refractivity contribution is 6.31. The van der Waals surface area contributed by atoms with E-state index in [1.807, 2.05) is 49.5 Å². The molecule has 2 aromatic carbocycles. The second kappa shape index (κ2) is 4.35. The molecule has 0 bridgehead atoms. The highest BCUT2D eigenvalue weighted by Crippen LogP contribution is 2.29. The van der Waals surface area contributed by atoms with Gasteiger partial charge in [0.15, 0.2) is 0 Å². The van der Waals surface area contributed by atoms with Crippen molar-refractivity contribution in [2.45, 2.75) is 0 Å². The number of aromatic nitrogens is 2. The van der Waals surface area contributed by atoms with Crippen molar-refractivity contribution < 1.29 is 0 Å². The van der Waals surface area contributed by atoms with Gasteiger partial charge in [0.25, 0.3) is 0 Å². The summed E-state index contributed by atoms with van der Waals surface area (Å²) in [6.07, 6.45) is 0. The number of hydrogen-bond acceptors (Lipinski definition) is 2. The second-order valence-corrected chi connectivity index (χ2v) is 4.48. The van der Waals surface area contributed by atoms with Crippen LogP contribution in [0.4, 0.5) is 5.69 Å². The first-order valence-electron chi connectivity index (χ1n) is 5.70. The third-order valence-corrected chi connectivity index (χ3v) is 3.13. The lowest BCUT2D eigenvalue weighted by Crippen LogP contribution is -1.92. The minimum Gasteiger partial charge on any atom is -0.388 e. The van der Waals surface area contributed by atoms with Gasteiger partial charge < -0.3 is 10.3 Å². The molecule has 0 atom stereocenters. The zero-order chi connectivity index (χ0) is 12.5. The van der Waals surface area contributed by atoms with E-state index in [-0.39, 0.29) is 0 Å². The highest BCUT2D eigenvalue weighted by Gasteiger charge is 2.09. The Hall–Kier alpha value is -2.00. The number of aromatic amines is 1. The molecule has 0 aliphatic carbocycles. The minimum absolute atomic E-state index is 0.699. The van der Waals surface area contributed by atoms with Crippen LogP contribution in [-0.4, -0.2) is 17.0 Å². The van der Waals surface area contributed by atoms with Crippen molar-refractivity contribution in [3.8, 4) is 11.4 Å². The molecular weight excluding hydrogens is 246 g/mol. The number of hydrogen-bond donors (Lipinski definition) is 2. The Morgan fingerprint density at radius 3 is 2.78 bits per heavy atom. The molecule has 18 heavy (non-hydrogen) atoms. The van der Waals surface area contributed by atoms with Crippen molar-refractivity contribution in [3.05, 3.63) is 47.5 Å². The van der Waals surface area contributed by atoms with Crippen LogP contribution in [0.3, 0.4) is 0 Å². The van der Waals surface area contributed by atoms with Crippen LogP contribution in [0.2, 0.25) is 5.02 Å². The molecule has 0 unspecified atom stereocenters. The summed E-state index contributed by atoms with van der Waals surface area (Å²) >= 11 is 6.05. The normalized spacial score (nSPS) is 10.8. The number of anilines is 1. The SMILES string of the molecule is CNc1ccc(Cl)cc1-c1nc2ccccc2[nH]1. The molecule has 2 N–H and O–H groups in total. The highest BCUT2D eigenvalue weighted by atomic mass is 35.5. The van der Waals surface area contributed by atoms with Crippen LogP contribution in [0.15, 0.2) is 42.5 Å². The summed E-state index contributed by atoms with van der Waals surface area (Å²) < 4.78 is 0. The van der Waals surface area contributed by atoms with Gasteiger partial charge in [0.1, 0.15) is 5.82 Å². The van der Waals surface area contributed by atoms with Gasteiger partial charge in [-0.05, 0) is 30.3 Å². The molecule has 3 rings (SSSR count). The summed E-state index contributed by atoms with van der Waals surface area (Å²) in [6, 6.07) is 13.7. The maximum Gasteiger partial charge on any atom is 0.140 e. The Bertz CT molecular complexity index is 670. The second-order valence-electron chi connectivity index (χ2n) is 4.04. The summed E-state index contributed by atoms with van der Waals surface area (Å²) in [5, 5.41) is 3.85. The largest absolute Gasteiger partial charge is 0.388 e. The Balaban J connectivity index is 2.22. The average molecular weight is 258 g/mol. The molecule has 0 fully saturated rings. The summed E-state index contributed by atoms with van der Waals surface area (Å²) in [6.45, 7) is 0. The number of rotatable bonds is 2. The van der Waals surface area contributed by atoms with Crippen LogP contribution < -0.4 is 5.32 Å². The fourth-order valence-corrected chi connectivity index (χ4v) is 2.18. The van der Waals surface area contributed by atoms with Gasteiger partial charge in [-0.25, -0.2) is 4.98 Å². The van der Waals surface area contributed by atoms with Crippen molar-refractivity contribution in [1.82, 2.24) is 9.97 Å². The Labute approximate surface area is 110 Å². The topological polar surface area (TPSA) is 40.7 Å².